The molecule has 3 aromatic rings. The number of benzene rings is 2. The SMILES string of the molecule is C[C@@H]1O[C@@H](OC[C@H]2O[C@@H](Oc3c(-c4ccc(O)cc4)oc4cc(O[C@H]5O[C@@H](C)[C@@H](O)[C@H](O)[C@@H]5O)cc(O)c4c3=O)[C@H](O)[C@@H](O)[C@@H]2O)[C@H](O)[C@H](O)[C@H]1O. The minimum atomic E-state index is -1.98. The number of aliphatic hydroxyl groups is 9. The van der Waals surface area contributed by atoms with Gasteiger partial charge in [-0.2, -0.15) is 0 Å². The third kappa shape index (κ3) is 7.16. The van der Waals surface area contributed by atoms with E-state index in [1.165, 1.54) is 44.2 Å². The van der Waals surface area contributed by atoms with E-state index in [0.29, 0.717) is 0 Å². The predicted molar refractivity (Wildman–Crippen MR) is 170 cm³/mol. The Hall–Kier alpha value is -3.67. The van der Waals surface area contributed by atoms with Gasteiger partial charge in [0.05, 0.1) is 18.8 Å². The first kappa shape index (κ1) is 38.1. The minimum Gasteiger partial charge on any atom is -0.508 e. The Morgan fingerprint density at radius 2 is 1.17 bits per heavy atom. The van der Waals surface area contributed by atoms with Gasteiger partial charge in [0.15, 0.2) is 12.1 Å². The van der Waals surface area contributed by atoms with E-state index >= 15 is 0 Å². The fourth-order valence-electron chi connectivity index (χ4n) is 6.09. The molecule has 3 saturated heterocycles. The molecule has 286 valence electrons. The van der Waals surface area contributed by atoms with Crippen LogP contribution in [0.15, 0.2) is 45.6 Å². The van der Waals surface area contributed by atoms with Crippen molar-refractivity contribution in [2.75, 3.05) is 6.61 Å². The molecule has 0 aliphatic carbocycles. The molecule has 0 bridgehead atoms. The van der Waals surface area contributed by atoms with Gasteiger partial charge in [-0.15, -0.1) is 0 Å². The van der Waals surface area contributed by atoms with Crippen molar-refractivity contribution in [1.29, 1.82) is 0 Å². The smallest absolute Gasteiger partial charge is 0.239 e. The molecule has 3 aliphatic heterocycles. The average molecular weight is 741 g/mol. The summed E-state index contributed by atoms with van der Waals surface area (Å²) >= 11 is 0. The highest BCUT2D eigenvalue weighted by Crippen LogP contribution is 2.38. The number of aliphatic hydroxyl groups excluding tert-OH is 9. The Labute approximate surface area is 293 Å². The maximum absolute atomic E-state index is 14.0. The molecule has 0 radical (unpaired) electrons. The molecule has 19 nitrogen and oxygen atoms in total. The van der Waals surface area contributed by atoms with Gasteiger partial charge in [-0.25, -0.2) is 0 Å². The van der Waals surface area contributed by atoms with Crippen LogP contribution in [0.2, 0.25) is 0 Å². The van der Waals surface area contributed by atoms with Crippen molar-refractivity contribution < 1.29 is 89.0 Å². The number of phenols is 2. The fraction of sp³-hybridized carbons (Fsp3) is 0.545. The summed E-state index contributed by atoms with van der Waals surface area (Å²) in [5.41, 5.74) is -1.16. The number of phenolic OH excluding ortho intramolecular Hbond substituents is 2. The highest BCUT2D eigenvalue weighted by atomic mass is 16.7. The van der Waals surface area contributed by atoms with Gasteiger partial charge in [0, 0.05) is 17.7 Å². The summed E-state index contributed by atoms with van der Waals surface area (Å²) in [6.45, 7) is 2.25. The number of ether oxygens (including phenoxy) is 6. The van der Waals surface area contributed by atoms with E-state index in [1.807, 2.05) is 0 Å². The molecule has 11 N–H and O–H groups in total. The van der Waals surface area contributed by atoms with Crippen LogP contribution >= 0.6 is 0 Å². The Kier molecular flexibility index (Phi) is 11.0. The van der Waals surface area contributed by atoms with Gasteiger partial charge in [0.1, 0.15) is 89.3 Å². The van der Waals surface area contributed by atoms with Crippen LogP contribution < -0.4 is 14.9 Å². The summed E-state index contributed by atoms with van der Waals surface area (Å²) in [6, 6.07) is 7.38. The van der Waals surface area contributed by atoms with Gasteiger partial charge < -0.3 is 89.0 Å². The first-order chi connectivity index (χ1) is 24.6. The second-order valence-electron chi connectivity index (χ2n) is 12.9. The summed E-state index contributed by atoms with van der Waals surface area (Å²) in [5.74, 6) is -2.01. The van der Waals surface area contributed by atoms with Crippen molar-refractivity contribution >= 4 is 11.0 Å². The van der Waals surface area contributed by atoms with Crippen molar-refractivity contribution in [3.63, 3.8) is 0 Å². The van der Waals surface area contributed by atoms with Gasteiger partial charge >= 0.3 is 0 Å². The average Bonchev–Trinajstić information content (AvgIpc) is 3.11. The molecule has 52 heavy (non-hydrogen) atoms. The van der Waals surface area contributed by atoms with Gasteiger partial charge in [-0.3, -0.25) is 4.79 Å². The van der Waals surface area contributed by atoms with Crippen molar-refractivity contribution in [3.8, 4) is 34.3 Å². The van der Waals surface area contributed by atoms with Gasteiger partial charge in [0.25, 0.3) is 0 Å². The van der Waals surface area contributed by atoms with E-state index in [9.17, 15) is 61.0 Å². The van der Waals surface area contributed by atoms with Crippen molar-refractivity contribution in [2.24, 2.45) is 0 Å². The lowest BCUT2D eigenvalue weighted by molar-refractivity contribution is -0.318. The topological polar surface area (TPSA) is 308 Å². The molecule has 19 heteroatoms. The van der Waals surface area contributed by atoms with E-state index in [2.05, 4.69) is 0 Å². The number of rotatable bonds is 8. The van der Waals surface area contributed by atoms with Crippen LogP contribution in [0.3, 0.4) is 0 Å². The summed E-state index contributed by atoms with van der Waals surface area (Å²) in [6.07, 6.45) is -23.5. The molecule has 3 aliphatic rings. The van der Waals surface area contributed by atoms with Gasteiger partial charge in [-0.1, -0.05) is 0 Å². The van der Waals surface area contributed by atoms with Crippen LogP contribution in [0.25, 0.3) is 22.3 Å². The maximum Gasteiger partial charge on any atom is 0.239 e. The summed E-state index contributed by atoms with van der Waals surface area (Å²) in [7, 11) is 0. The zero-order valence-electron chi connectivity index (χ0n) is 27.5. The zero-order chi connectivity index (χ0) is 37.8. The summed E-state index contributed by atoms with van der Waals surface area (Å²) in [4.78, 5) is 14.0. The van der Waals surface area contributed by atoms with Gasteiger partial charge in [-0.05, 0) is 38.1 Å². The lowest BCUT2D eigenvalue weighted by atomic mass is 9.98. The lowest BCUT2D eigenvalue weighted by Crippen LogP contribution is -2.61. The Balaban J connectivity index is 1.32. The molecule has 1 aromatic heterocycles. The molecule has 15 atom stereocenters. The molecule has 2 aromatic carbocycles. The quantitative estimate of drug-likeness (QED) is 0.110. The Morgan fingerprint density at radius 3 is 1.79 bits per heavy atom. The van der Waals surface area contributed by atoms with Crippen LogP contribution in [-0.2, 0) is 18.9 Å². The van der Waals surface area contributed by atoms with Crippen molar-refractivity contribution in [2.45, 2.75) is 106 Å². The molecule has 0 unspecified atom stereocenters. The molecule has 0 amide bonds. The second kappa shape index (κ2) is 15.0. The third-order valence-electron chi connectivity index (χ3n) is 9.23. The first-order valence-electron chi connectivity index (χ1n) is 16.2. The van der Waals surface area contributed by atoms with E-state index in [1.54, 1.807) is 0 Å². The molecule has 6 rings (SSSR count). The van der Waals surface area contributed by atoms with Crippen LogP contribution in [-0.4, -0.2) is 155 Å². The number of aromatic hydroxyl groups is 2. The molecule has 0 saturated carbocycles. The Morgan fingerprint density at radius 1 is 0.635 bits per heavy atom. The lowest BCUT2D eigenvalue weighted by Gasteiger charge is -2.42. The normalized spacial score (nSPS) is 38.2. The summed E-state index contributed by atoms with van der Waals surface area (Å²) < 4.78 is 39.5. The van der Waals surface area contributed by atoms with Crippen molar-refractivity contribution in [3.05, 3.63) is 46.6 Å². The zero-order valence-corrected chi connectivity index (χ0v) is 27.5. The van der Waals surface area contributed by atoms with E-state index in [0.717, 1.165) is 6.07 Å². The second-order valence-corrected chi connectivity index (χ2v) is 12.9. The third-order valence-corrected chi connectivity index (χ3v) is 9.23. The number of hydrogen-bond acceptors (Lipinski definition) is 19. The van der Waals surface area contributed by atoms with Crippen LogP contribution in [0, 0.1) is 0 Å². The largest absolute Gasteiger partial charge is 0.508 e. The van der Waals surface area contributed by atoms with E-state index in [4.69, 9.17) is 32.8 Å². The molecule has 3 fully saturated rings. The minimum absolute atomic E-state index is 0.138. The molecular weight excluding hydrogens is 700 g/mol. The fourth-order valence-corrected chi connectivity index (χ4v) is 6.09. The monoisotopic (exact) mass is 740 g/mol. The highest BCUT2D eigenvalue weighted by molar-refractivity contribution is 5.88. The predicted octanol–water partition coefficient (Wildman–Crippen LogP) is -2.89. The first-order valence-corrected chi connectivity index (χ1v) is 16.2. The van der Waals surface area contributed by atoms with Crippen LogP contribution in [0.1, 0.15) is 13.8 Å². The standard InChI is InChI=1S/C33H40O19/c1-10-19(36)23(40)26(43)31(47-10)46-9-17-21(38)25(42)28(45)33(51-17)52-30-22(39)18-15(35)7-14(49-32-27(44)24(41)20(37)11(2)48-32)8-16(18)50-29(30)12-3-5-13(34)6-4-12/h3-8,10-11,17,19-21,23-28,31-38,40-45H,9H2,1-2H3/t10-,11-,17+,19-,20+,21+,23+,24-,25-,26+,27-,28+,31+,32+,33-/m0/s1. The van der Waals surface area contributed by atoms with Crippen molar-refractivity contribution in [1.82, 2.24) is 0 Å². The number of fused-ring (bicyclic) bond motifs is 1. The number of hydrogen-bond donors (Lipinski definition) is 11. The Bertz CT molecular complexity index is 1770. The van der Waals surface area contributed by atoms with E-state index in [-0.39, 0.29) is 28.4 Å². The molecule has 0 spiro atoms. The van der Waals surface area contributed by atoms with E-state index < -0.39 is 121 Å². The molecular formula is C33H40O19. The molecule has 4 heterocycles. The van der Waals surface area contributed by atoms with Crippen LogP contribution in [0.4, 0.5) is 0 Å². The summed E-state index contributed by atoms with van der Waals surface area (Å²) in [5, 5.41) is 114. The van der Waals surface area contributed by atoms with Crippen LogP contribution in [0.5, 0.6) is 23.0 Å². The van der Waals surface area contributed by atoms with Gasteiger partial charge in [0.2, 0.25) is 23.8 Å². The maximum atomic E-state index is 14.0. The highest BCUT2D eigenvalue weighted by Gasteiger charge is 2.48.